The minimum absolute atomic E-state index is 0.448. The van der Waals surface area contributed by atoms with E-state index in [9.17, 15) is 0 Å². The summed E-state index contributed by atoms with van der Waals surface area (Å²) in [6, 6.07) is 5.89. The molecule has 0 fully saturated rings. The Bertz CT molecular complexity index is 626. The molecule has 0 amide bonds. The molecule has 0 spiro atoms. The monoisotopic (exact) mass is 415 g/mol. The molecule has 2 rings (SSSR count). The van der Waals surface area contributed by atoms with Gasteiger partial charge in [-0.1, -0.05) is 19.1 Å². The number of aryl methyl sites for hydroxylation is 2. The predicted octanol–water partition coefficient (Wildman–Crippen LogP) is 4.03. The van der Waals surface area contributed by atoms with Crippen molar-refractivity contribution in [2.24, 2.45) is 5.73 Å². The molecule has 0 saturated heterocycles. The lowest BCUT2D eigenvalue weighted by Crippen LogP contribution is -2.08. The summed E-state index contributed by atoms with van der Waals surface area (Å²) in [5.41, 5.74) is 8.86. The van der Waals surface area contributed by atoms with Crippen molar-refractivity contribution in [2.75, 3.05) is 0 Å². The Morgan fingerprint density at radius 2 is 2.05 bits per heavy atom. The van der Waals surface area contributed by atoms with E-state index in [-0.39, 0.29) is 0 Å². The van der Waals surface area contributed by atoms with Crippen LogP contribution in [-0.4, -0.2) is 9.78 Å². The summed E-state index contributed by atoms with van der Waals surface area (Å²) < 4.78 is 9.93. The van der Waals surface area contributed by atoms with Gasteiger partial charge in [-0.15, -0.1) is 0 Å². The van der Waals surface area contributed by atoms with E-state index in [0.717, 1.165) is 44.6 Å². The molecule has 4 nitrogen and oxygen atoms in total. The quantitative estimate of drug-likeness (QED) is 0.773. The summed E-state index contributed by atoms with van der Waals surface area (Å²) in [5.74, 6) is 0.800. The SMILES string of the molecule is CCc1nn(CC)c(COc2c(Br)cccc2CN)c1Br. The first-order valence-electron chi connectivity index (χ1n) is 6.96. The van der Waals surface area contributed by atoms with Gasteiger partial charge in [-0.2, -0.15) is 5.10 Å². The van der Waals surface area contributed by atoms with Gasteiger partial charge in [0.15, 0.2) is 0 Å². The highest BCUT2D eigenvalue weighted by Crippen LogP contribution is 2.31. The van der Waals surface area contributed by atoms with Gasteiger partial charge in [-0.3, -0.25) is 4.68 Å². The molecular weight excluding hydrogens is 398 g/mol. The molecule has 1 aromatic heterocycles. The summed E-state index contributed by atoms with van der Waals surface area (Å²) in [5, 5.41) is 4.58. The maximum absolute atomic E-state index is 6.01. The van der Waals surface area contributed by atoms with Gasteiger partial charge in [-0.25, -0.2) is 0 Å². The van der Waals surface area contributed by atoms with E-state index in [2.05, 4.69) is 50.8 Å². The normalized spacial score (nSPS) is 10.9. The third-order valence-electron chi connectivity index (χ3n) is 3.32. The van der Waals surface area contributed by atoms with E-state index in [1.54, 1.807) is 0 Å². The van der Waals surface area contributed by atoms with Crippen LogP contribution in [0.15, 0.2) is 27.1 Å². The summed E-state index contributed by atoms with van der Waals surface area (Å²) in [7, 11) is 0. The number of hydrogen-bond donors (Lipinski definition) is 1. The molecule has 0 aliphatic carbocycles. The zero-order chi connectivity index (χ0) is 15.4. The van der Waals surface area contributed by atoms with Gasteiger partial charge >= 0.3 is 0 Å². The first-order chi connectivity index (χ1) is 10.1. The number of ether oxygens (including phenoxy) is 1. The maximum Gasteiger partial charge on any atom is 0.138 e. The number of nitrogens with two attached hydrogens (primary N) is 1. The van der Waals surface area contributed by atoms with Crippen molar-refractivity contribution in [1.29, 1.82) is 0 Å². The second kappa shape index (κ2) is 7.42. The summed E-state index contributed by atoms with van der Waals surface area (Å²) >= 11 is 7.15. The Morgan fingerprint density at radius 3 is 2.67 bits per heavy atom. The highest BCUT2D eigenvalue weighted by Gasteiger charge is 2.15. The lowest BCUT2D eigenvalue weighted by molar-refractivity contribution is 0.287. The van der Waals surface area contributed by atoms with Crippen molar-refractivity contribution in [3.8, 4) is 5.75 Å². The molecule has 1 aromatic carbocycles. The van der Waals surface area contributed by atoms with Crippen LogP contribution in [0.5, 0.6) is 5.75 Å². The molecule has 21 heavy (non-hydrogen) atoms. The van der Waals surface area contributed by atoms with E-state index in [1.165, 1.54) is 0 Å². The van der Waals surface area contributed by atoms with E-state index in [0.29, 0.717) is 13.2 Å². The molecule has 2 aromatic rings. The van der Waals surface area contributed by atoms with E-state index in [4.69, 9.17) is 10.5 Å². The fourth-order valence-electron chi connectivity index (χ4n) is 2.17. The first-order valence-corrected chi connectivity index (χ1v) is 8.55. The van der Waals surface area contributed by atoms with Crippen LogP contribution in [-0.2, 0) is 26.1 Å². The van der Waals surface area contributed by atoms with Crippen LogP contribution < -0.4 is 10.5 Å². The van der Waals surface area contributed by atoms with Crippen LogP contribution in [0.25, 0.3) is 0 Å². The predicted molar refractivity (Wildman–Crippen MR) is 91.3 cm³/mol. The van der Waals surface area contributed by atoms with Crippen molar-refractivity contribution < 1.29 is 4.74 Å². The molecule has 0 bridgehead atoms. The fourth-order valence-corrected chi connectivity index (χ4v) is 3.37. The highest BCUT2D eigenvalue weighted by atomic mass is 79.9. The van der Waals surface area contributed by atoms with Crippen molar-refractivity contribution in [3.05, 3.63) is 44.1 Å². The average molecular weight is 417 g/mol. The number of halogens is 2. The van der Waals surface area contributed by atoms with Crippen molar-refractivity contribution in [2.45, 2.75) is 40.0 Å². The number of para-hydroxylation sites is 1. The lowest BCUT2D eigenvalue weighted by Gasteiger charge is -2.13. The zero-order valence-corrected chi connectivity index (χ0v) is 15.4. The molecule has 6 heteroatoms. The van der Waals surface area contributed by atoms with Gasteiger partial charge in [0.1, 0.15) is 12.4 Å². The molecule has 0 radical (unpaired) electrons. The van der Waals surface area contributed by atoms with Crippen molar-refractivity contribution in [3.63, 3.8) is 0 Å². The van der Waals surface area contributed by atoms with Gasteiger partial charge in [0, 0.05) is 18.7 Å². The third kappa shape index (κ3) is 3.49. The molecule has 0 saturated carbocycles. The van der Waals surface area contributed by atoms with Crippen LogP contribution in [0.2, 0.25) is 0 Å². The molecule has 0 atom stereocenters. The molecule has 1 heterocycles. The zero-order valence-electron chi connectivity index (χ0n) is 12.2. The number of benzene rings is 1. The molecule has 0 aliphatic rings. The fraction of sp³-hybridized carbons (Fsp3) is 0.400. The molecular formula is C15H19Br2N3O. The second-order valence-electron chi connectivity index (χ2n) is 4.60. The molecule has 114 valence electrons. The first kappa shape index (κ1) is 16.5. The summed E-state index contributed by atoms with van der Waals surface area (Å²) in [6.07, 6.45) is 0.893. The van der Waals surface area contributed by atoms with Crippen LogP contribution in [0.3, 0.4) is 0 Å². The standard InChI is InChI=1S/C15H19Br2N3O/c1-3-12-14(17)13(20(4-2)19-12)9-21-15-10(8-18)6-5-7-11(15)16/h5-7H,3-4,8-9,18H2,1-2H3. The molecule has 2 N–H and O–H groups in total. The third-order valence-corrected chi connectivity index (χ3v) is 4.86. The smallest absolute Gasteiger partial charge is 0.138 e. The van der Waals surface area contributed by atoms with Crippen LogP contribution in [0.1, 0.15) is 30.8 Å². The van der Waals surface area contributed by atoms with Crippen LogP contribution in [0, 0.1) is 0 Å². The van der Waals surface area contributed by atoms with Crippen LogP contribution >= 0.6 is 31.9 Å². The topological polar surface area (TPSA) is 53.1 Å². The lowest BCUT2D eigenvalue weighted by atomic mass is 10.2. The van der Waals surface area contributed by atoms with Gasteiger partial charge < -0.3 is 10.5 Å². The van der Waals surface area contributed by atoms with E-state index < -0.39 is 0 Å². The van der Waals surface area contributed by atoms with Gasteiger partial charge in [0.2, 0.25) is 0 Å². The Labute approximate surface area is 141 Å². The van der Waals surface area contributed by atoms with Gasteiger partial charge in [0.05, 0.1) is 20.3 Å². The van der Waals surface area contributed by atoms with Crippen molar-refractivity contribution >= 4 is 31.9 Å². The second-order valence-corrected chi connectivity index (χ2v) is 6.24. The Balaban J connectivity index is 2.26. The molecule has 0 aliphatic heterocycles. The van der Waals surface area contributed by atoms with Crippen LogP contribution in [0.4, 0.5) is 0 Å². The van der Waals surface area contributed by atoms with Gasteiger partial charge in [0.25, 0.3) is 0 Å². The number of hydrogen-bond acceptors (Lipinski definition) is 3. The Kier molecular flexibility index (Phi) is 5.84. The minimum atomic E-state index is 0.448. The highest BCUT2D eigenvalue weighted by molar-refractivity contribution is 9.10. The largest absolute Gasteiger partial charge is 0.486 e. The maximum atomic E-state index is 6.01. The van der Waals surface area contributed by atoms with E-state index >= 15 is 0 Å². The van der Waals surface area contributed by atoms with Gasteiger partial charge in [-0.05, 0) is 51.3 Å². The number of nitrogens with zero attached hydrogens (tertiary/aromatic N) is 2. The Hall–Kier alpha value is -0.850. The van der Waals surface area contributed by atoms with E-state index in [1.807, 2.05) is 22.9 Å². The van der Waals surface area contributed by atoms with Crippen molar-refractivity contribution in [1.82, 2.24) is 9.78 Å². The average Bonchev–Trinajstić information content (AvgIpc) is 2.81. The molecule has 0 unspecified atom stereocenters. The summed E-state index contributed by atoms with van der Waals surface area (Å²) in [4.78, 5) is 0. The summed E-state index contributed by atoms with van der Waals surface area (Å²) in [6.45, 7) is 5.89. The minimum Gasteiger partial charge on any atom is -0.486 e. The number of aromatic nitrogens is 2. The Morgan fingerprint density at radius 1 is 1.29 bits per heavy atom. The number of rotatable bonds is 6.